The van der Waals surface area contributed by atoms with Gasteiger partial charge in [-0.2, -0.15) is 0 Å². The Labute approximate surface area is 135 Å². The van der Waals surface area contributed by atoms with Gasteiger partial charge in [0.05, 0.1) is 13.2 Å². The Kier molecular flexibility index (Phi) is 7.19. The lowest BCUT2D eigenvalue weighted by Gasteiger charge is -2.09. The number of rotatable bonds is 7. The lowest BCUT2D eigenvalue weighted by molar-refractivity contribution is 0.241. The molecule has 2 rings (SSSR count). The second-order valence-electron chi connectivity index (χ2n) is 4.42. The predicted octanol–water partition coefficient (Wildman–Crippen LogP) is 3.38. The summed E-state index contributed by atoms with van der Waals surface area (Å²) < 4.78 is 24.5. The van der Waals surface area contributed by atoms with Crippen molar-refractivity contribution in [2.45, 2.75) is 6.42 Å². The Morgan fingerprint density at radius 3 is 2.36 bits per heavy atom. The molecule has 2 aromatic carbocycles. The molecule has 0 aromatic heterocycles. The predicted molar refractivity (Wildman–Crippen MR) is 86.7 cm³/mol. The van der Waals surface area contributed by atoms with Crippen molar-refractivity contribution in [2.75, 3.05) is 13.2 Å². The Morgan fingerprint density at radius 2 is 1.73 bits per heavy atom. The monoisotopic (exact) mass is 324 g/mol. The van der Waals surface area contributed by atoms with E-state index in [2.05, 4.69) is 0 Å². The third-order valence-electron chi connectivity index (χ3n) is 2.80. The topological polar surface area (TPSA) is 68.3 Å². The number of nitrogens with one attached hydrogen (secondary N) is 1. The molecular formula is C16H18ClFN2O2. The molecule has 0 aliphatic heterocycles. The minimum atomic E-state index is -0.522. The quantitative estimate of drug-likeness (QED) is 0.466. The van der Waals surface area contributed by atoms with Crippen molar-refractivity contribution in [2.24, 2.45) is 5.73 Å². The standard InChI is InChI=1S/C16H17FN2O2.ClH/c17-14-11-12(16(18)19)7-8-15(14)21-10-4-9-20-13-5-2-1-3-6-13;/h1-3,5-8,11H,4,9-10H2,(H3,18,19);1H. The number of halogens is 2. The van der Waals surface area contributed by atoms with Crippen LogP contribution in [0, 0.1) is 11.2 Å². The molecule has 0 spiro atoms. The van der Waals surface area contributed by atoms with Gasteiger partial charge < -0.3 is 15.2 Å². The van der Waals surface area contributed by atoms with Crippen molar-refractivity contribution in [3.8, 4) is 11.5 Å². The molecule has 118 valence electrons. The van der Waals surface area contributed by atoms with Crippen molar-refractivity contribution < 1.29 is 13.9 Å². The Morgan fingerprint density at radius 1 is 1.05 bits per heavy atom. The summed E-state index contributed by atoms with van der Waals surface area (Å²) in [4.78, 5) is 0. The smallest absolute Gasteiger partial charge is 0.165 e. The van der Waals surface area contributed by atoms with Gasteiger partial charge in [0.1, 0.15) is 11.6 Å². The number of hydrogen-bond donors (Lipinski definition) is 2. The fourth-order valence-electron chi connectivity index (χ4n) is 1.73. The highest BCUT2D eigenvalue weighted by Gasteiger charge is 2.06. The maximum absolute atomic E-state index is 13.7. The highest BCUT2D eigenvalue weighted by molar-refractivity contribution is 5.95. The molecule has 22 heavy (non-hydrogen) atoms. The molecule has 0 fully saturated rings. The highest BCUT2D eigenvalue weighted by atomic mass is 35.5. The van der Waals surface area contributed by atoms with Crippen LogP contribution in [0.1, 0.15) is 12.0 Å². The second kappa shape index (κ2) is 8.89. The Hall–Kier alpha value is -2.27. The minimum absolute atomic E-state index is 0. The van der Waals surface area contributed by atoms with E-state index < -0.39 is 5.82 Å². The van der Waals surface area contributed by atoms with E-state index in [-0.39, 0.29) is 24.0 Å². The number of nitrogens with two attached hydrogens (primary N) is 1. The normalized spacial score (nSPS) is 9.68. The van der Waals surface area contributed by atoms with E-state index in [4.69, 9.17) is 20.6 Å². The molecule has 2 aromatic rings. The molecule has 0 saturated heterocycles. The molecule has 0 atom stereocenters. The van der Waals surface area contributed by atoms with E-state index >= 15 is 0 Å². The molecule has 0 bridgehead atoms. The molecule has 0 heterocycles. The lowest BCUT2D eigenvalue weighted by atomic mass is 10.2. The van der Waals surface area contributed by atoms with E-state index in [1.807, 2.05) is 30.3 Å². The molecule has 0 unspecified atom stereocenters. The summed E-state index contributed by atoms with van der Waals surface area (Å²) in [5.74, 6) is 0.262. The summed E-state index contributed by atoms with van der Waals surface area (Å²) >= 11 is 0. The molecule has 0 aliphatic rings. The first-order valence-corrected chi connectivity index (χ1v) is 6.61. The third-order valence-corrected chi connectivity index (χ3v) is 2.80. The maximum atomic E-state index is 13.7. The van der Waals surface area contributed by atoms with Crippen LogP contribution in [0.5, 0.6) is 11.5 Å². The van der Waals surface area contributed by atoms with E-state index in [0.29, 0.717) is 25.2 Å². The molecule has 6 heteroatoms. The maximum Gasteiger partial charge on any atom is 0.165 e. The van der Waals surface area contributed by atoms with Gasteiger partial charge >= 0.3 is 0 Å². The highest BCUT2D eigenvalue weighted by Crippen LogP contribution is 2.18. The first-order chi connectivity index (χ1) is 10.2. The fraction of sp³-hybridized carbons (Fsp3) is 0.188. The Bertz CT molecular complexity index is 608. The summed E-state index contributed by atoms with van der Waals surface area (Å²) in [6, 6.07) is 13.7. The van der Waals surface area contributed by atoms with Crippen LogP contribution in [0.2, 0.25) is 0 Å². The number of ether oxygens (including phenoxy) is 2. The first-order valence-electron chi connectivity index (χ1n) is 6.61. The first kappa shape index (κ1) is 17.8. The van der Waals surface area contributed by atoms with Crippen molar-refractivity contribution in [3.63, 3.8) is 0 Å². The summed E-state index contributed by atoms with van der Waals surface area (Å²) in [7, 11) is 0. The zero-order chi connectivity index (χ0) is 15.1. The van der Waals surface area contributed by atoms with Crippen LogP contribution in [-0.4, -0.2) is 19.0 Å². The van der Waals surface area contributed by atoms with Gasteiger partial charge in [0.25, 0.3) is 0 Å². The van der Waals surface area contributed by atoms with Gasteiger partial charge in [-0.15, -0.1) is 12.4 Å². The minimum Gasteiger partial charge on any atom is -0.493 e. The molecule has 0 radical (unpaired) electrons. The van der Waals surface area contributed by atoms with Gasteiger partial charge in [-0.3, -0.25) is 5.41 Å². The van der Waals surface area contributed by atoms with Gasteiger partial charge in [0.2, 0.25) is 0 Å². The summed E-state index contributed by atoms with van der Waals surface area (Å²) in [6.45, 7) is 0.848. The van der Waals surface area contributed by atoms with Crippen LogP contribution in [0.25, 0.3) is 0 Å². The van der Waals surface area contributed by atoms with Gasteiger partial charge in [0.15, 0.2) is 11.6 Å². The van der Waals surface area contributed by atoms with Gasteiger partial charge in [-0.05, 0) is 30.3 Å². The van der Waals surface area contributed by atoms with Crippen LogP contribution < -0.4 is 15.2 Å². The SMILES string of the molecule is Cl.N=C(N)c1ccc(OCCCOc2ccccc2)c(F)c1. The van der Waals surface area contributed by atoms with Gasteiger partial charge in [0, 0.05) is 12.0 Å². The van der Waals surface area contributed by atoms with Crippen LogP contribution in [-0.2, 0) is 0 Å². The van der Waals surface area contributed by atoms with Gasteiger partial charge in [-0.1, -0.05) is 18.2 Å². The molecule has 4 nitrogen and oxygen atoms in total. The molecular weight excluding hydrogens is 307 g/mol. The number of para-hydroxylation sites is 1. The van der Waals surface area contributed by atoms with Crippen molar-refractivity contribution >= 4 is 18.2 Å². The van der Waals surface area contributed by atoms with E-state index in [1.165, 1.54) is 12.1 Å². The van der Waals surface area contributed by atoms with Crippen LogP contribution in [0.3, 0.4) is 0 Å². The zero-order valence-electron chi connectivity index (χ0n) is 11.9. The molecule has 3 N–H and O–H groups in total. The zero-order valence-corrected chi connectivity index (χ0v) is 12.7. The number of nitrogen functional groups attached to an aromatic ring is 1. The second-order valence-corrected chi connectivity index (χ2v) is 4.42. The molecule has 0 amide bonds. The van der Waals surface area contributed by atoms with Crippen LogP contribution >= 0.6 is 12.4 Å². The van der Waals surface area contributed by atoms with Gasteiger partial charge in [-0.25, -0.2) is 4.39 Å². The largest absolute Gasteiger partial charge is 0.493 e. The Balaban J connectivity index is 0.00000242. The average molecular weight is 325 g/mol. The number of hydrogen-bond acceptors (Lipinski definition) is 3. The summed E-state index contributed by atoms with van der Waals surface area (Å²) in [5.41, 5.74) is 5.63. The third kappa shape index (κ3) is 5.26. The summed E-state index contributed by atoms with van der Waals surface area (Å²) in [6.07, 6.45) is 0.642. The number of amidine groups is 1. The molecule has 0 saturated carbocycles. The average Bonchev–Trinajstić information content (AvgIpc) is 2.49. The molecule has 0 aliphatic carbocycles. The van der Waals surface area contributed by atoms with Crippen LogP contribution in [0.4, 0.5) is 4.39 Å². The number of benzene rings is 2. The summed E-state index contributed by atoms with van der Waals surface area (Å²) in [5, 5.41) is 7.23. The van der Waals surface area contributed by atoms with Crippen molar-refractivity contribution in [3.05, 3.63) is 59.9 Å². The van der Waals surface area contributed by atoms with E-state index in [0.717, 1.165) is 5.75 Å². The fourth-order valence-corrected chi connectivity index (χ4v) is 1.73. The van der Waals surface area contributed by atoms with Crippen LogP contribution in [0.15, 0.2) is 48.5 Å². The van der Waals surface area contributed by atoms with Crippen molar-refractivity contribution in [1.29, 1.82) is 5.41 Å². The van der Waals surface area contributed by atoms with E-state index in [1.54, 1.807) is 6.07 Å². The lowest BCUT2D eigenvalue weighted by Crippen LogP contribution is -2.11. The van der Waals surface area contributed by atoms with Crippen molar-refractivity contribution in [1.82, 2.24) is 0 Å². The van der Waals surface area contributed by atoms with E-state index in [9.17, 15) is 4.39 Å².